The van der Waals surface area contributed by atoms with Gasteiger partial charge in [-0.25, -0.2) is 0 Å². The van der Waals surface area contributed by atoms with Gasteiger partial charge in [-0.05, 0) is 68.2 Å². The van der Waals surface area contributed by atoms with E-state index in [1.54, 1.807) is 0 Å². The highest BCUT2D eigenvalue weighted by molar-refractivity contribution is 5.80. The molecule has 1 saturated heterocycles. The Bertz CT molecular complexity index is 600. The molecule has 1 aliphatic heterocycles. The minimum absolute atomic E-state index is 0.366. The predicted octanol–water partition coefficient (Wildman–Crippen LogP) is 3.19. The van der Waals surface area contributed by atoms with Gasteiger partial charge in [-0.3, -0.25) is 4.79 Å². The van der Waals surface area contributed by atoms with Crippen molar-refractivity contribution >= 4 is 5.91 Å². The van der Waals surface area contributed by atoms with Crippen molar-refractivity contribution in [3.63, 3.8) is 0 Å². The van der Waals surface area contributed by atoms with E-state index in [4.69, 9.17) is 0 Å². The zero-order valence-electron chi connectivity index (χ0n) is 15.0. The summed E-state index contributed by atoms with van der Waals surface area (Å²) in [5.41, 5.74) is 4.20. The smallest absolute Gasteiger partial charge is 0.227 e. The van der Waals surface area contributed by atoms with Crippen molar-refractivity contribution in [1.29, 1.82) is 0 Å². The van der Waals surface area contributed by atoms with Crippen molar-refractivity contribution in [1.82, 2.24) is 9.80 Å². The Morgan fingerprint density at radius 2 is 1.79 bits per heavy atom. The summed E-state index contributed by atoms with van der Waals surface area (Å²) >= 11 is 0. The quantitative estimate of drug-likeness (QED) is 0.829. The van der Waals surface area contributed by atoms with Crippen molar-refractivity contribution in [3.8, 4) is 0 Å². The Morgan fingerprint density at radius 3 is 2.50 bits per heavy atom. The third kappa shape index (κ3) is 3.37. The average molecular weight is 326 g/mol. The number of carbonyl (C=O) groups excluding carboxylic acids is 1. The van der Waals surface area contributed by atoms with Gasteiger partial charge in [-0.2, -0.15) is 0 Å². The Labute approximate surface area is 146 Å². The molecule has 1 amide bonds. The fourth-order valence-corrected chi connectivity index (χ4v) is 4.57. The van der Waals surface area contributed by atoms with Crippen molar-refractivity contribution in [3.05, 3.63) is 34.9 Å². The topological polar surface area (TPSA) is 23.6 Å². The highest BCUT2D eigenvalue weighted by Crippen LogP contribution is 2.33. The molecule has 0 bridgehead atoms. The Hall–Kier alpha value is -1.35. The van der Waals surface area contributed by atoms with Crippen molar-refractivity contribution in [2.75, 3.05) is 19.6 Å². The average Bonchev–Trinajstić information content (AvgIpc) is 3.32. The molecule has 0 atom stereocenters. The lowest BCUT2D eigenvalue weighted by Crippen LogP contribution is -2.48. The monoisotopic (exact) mass is 326 g/mol. The largest absolute Gasteiger partial charge is 0.336 e. The highest BCUT2D eigenvalue weighted by Gasteiger charge is 2.38. The van der Waals surface area contributed by atoms with E-state index in [9.17, 15) is 4.79 Å². The molecule has 0 radical (unpaired) electrons. The summed E-state index contributed by atoms with van der Waals surface area (Å²) in [5.74, 6) is 0.366. The van der Waals surface area contributed by atoms with Crippen LogP contribution in [0.2, 0.25) is 0 Å². The van der Waals surface area contributed by atoms with E-state index in [1.807, 2.05) is 0 Å². The van der Waals surface area contributed by atoms with Crippen molar-refractivity contribution < 1.29 is 4.79 Å². The molecule has 3 heteroatoms. The maximum absolute atomic E-state index is 13.1. The molecular weight excluding hydrogens is 296 g/mol. The fourth-order valence-electron chi connectivity index (χ4n) is 4.57. The van der Waals surface area contributed by atoms with Crippen LogP contribution in [0.3, 0.4) is 0 Å². The maximum Gasteiger partial charge on any atom is 0.227 e. The van der Waals surface area contributed by atoms with Gasteiger partial charge in [-0.15, -0.1) is 0 Å². The van der Waals surface area contributed by atoms with Crippen LogP contribution in [0.25, 0.3) is 0 Å². The lowest BCUT2D eigenvalue weighted by atomic mass is 10.0. The van der Waals surface area contributed by atoms with Gasteiger partial charge >= 0.3 is 0 Å². The molecule has 0 N–H and O–H groups in total. The molecule has 1 saturated carbocycles. The van der Waals surface area contributed by atoms with Crippen LogP contribution < -0.4 is 0 Å². The van der Waals surface area contributed by atoms with Crippen molar-refractivity contribution in [2.45, 2.75) is 70.4 Å². The summed E-state index contributed by atoms with van der Waals surface area (Å²) < 4.78 is 0. The standard InChI is InChI=1S/C21H30N2O/c1-2-22-12-10-20(11-13-22)23(19-8-9-19)21(24)15-16-6-7-17-4-3-5-18(17)14-16/h6-7,14,19-20H,2-5,8-13,15H2,1H3. The second-order valence-electron chi connectivity index (χ2n) is 7.83. The molecule has 0 aromatic heterocycles. The highest BCUT2D eigenvalue weighted by atomic mass is 16.2. The van der Waals surface area contributed by atoms with Crippen LogP contribution in [0, 0.1) is 0 Å². The summed E-state index contributed by atoms with van der Waals surface area (Å²) in [7, 11) is 0. The number of rotatable bonds is 5. The number of fused-ring (bicyclic) bond motifs is 1. The first-order valence-corrected chi connectivity index (χ1v) is 9.89. The normalized spacial score (nSPS) is 21.7. The van der Waals surface area contributed by atoms with E-state index >= 15 is 0 Å². The number of likely N-dealkylation sites (tertiary alicyclic amines) is 1. The lowest BCUT2D eigenvalue weighted by molar-refractivity contribution is -0.134. The Morgan fingerprint density at radius 1 is 1.08 bits per heavy atom. The first kappa shape index (κ1) is 16.1. The minimum atomic E-state index is 0.366. The van der Waals surface area contributed by atoms with Gasteiger partial charge in [0.15, 0.2) is 0 Å². The third-order valence-electron chi connectivity index (χ3n) is 6.14. The molecule has 1 heterocycles. The molecular formula is C21H30N2O. The molecule has 3 aliphatic rings. The molecule has 130 valence electrons. The van der Waals surface area contributed by atoms with E-state index in [0.717, 1.165) is 32.5 Å². The molecule has 4 rings (SSSR count). The van der Waals surface area contributed by atoms with Crippen LogP contribution in [0.1, 0.15) is 55.7 Å². The second kappa shape index (κ2) is 6.87. The summed E-state index contributed by atoms with van der Waals surface area (Å²) in [4.78, 5) is 17.8. The summed E-state index contributed by atoms with van der Waals surface area (Å²) in [6, 6.07) is 7.75. The SMILES string of the molecule is CCN1CCC(N(C(=O)Cc2ccc3c(c2)CCC3)C2CC2)CC1. The van der Waals surface area contributed by atoms with Gasteiger partial charge < -0.3 is 9.80 Å². The molecule has 2 aliphatic carbocycles. The van der Waals surface area contributed by atoms with Crippen LogP contribution in [0.5, 0.6) is 0 Å². The Kier molecular flexibility index (Phi) is 4.62. The molecule has 1 aromatic carbocycles. The van der Waals surface area contributed by atoms with E-state index in [2.05, 4.69) is 34.9 Å². The minimum Gasteiger partial charge on any atom is -0.336 e. The van der Waals surface area contributed by atoms with Gasteiger partial charge in [0.25, 0.3) is 0 Å². The van der Waals surface area contributed by atoms with Crippen LogP contribution in [0.4, 0.5) is 0 Å². The molecule has 3 nitrogen and oxygen atoms in total. The maximum atomic E-state index is 13.1. The second-order valence-corrected chi connectivity index (χ2v) is 7.83. The number of hydrogen-bond acceptors (Lipinski definition) is 2. The zero-order valence-corrected chi connectivity index (χ0v) is 15.0. The summed E-state index contributed by atoms with van der Waals surface area (Å²) in [6.45, 7) is 5.67. The number of piperidine rings is 1. The van der Waals surface area contributed by atoms with E-state index < -0.39 is 0 Å². The van der Waals surface area contributed by atoms with Gasteiger partial charge in [0.2, 0.25) is 5.91 Å². The molecule has 0 spiro atoms. The summed E-state index contributed by atoms with van der Waals surface area (Å²) in [6.07, 6.45) is 9.01. The molecule has 1 aromatic rings. The van der Waals surface area contributed by atoms with Crippen LogP contribution in [0.15, 0.2) is 18.2 Å². The van der Waals surface area contributed by atoms with E-state index in [1.165, 1.54) is 48.8 Å². The number of amides is 1. The molecule has 2 fully saturated rings. The lowest BCUT2D eigenvalue weighted by Gasteiger charge is -2.38. The van der Waals surface area contributed by atoms with E-state index in [-0.39, 0.29) is 0 Å². The first-order valence-electron chi connectivity index (χ1n) is 9.89. The fraction of sp³-hybridized carbons (Fsp3) is 0.667. The molecule has 24 heavy (non-hydrogen) atoms. The Balaban J connectivity index is 1.43. The number of nitrogens with zero attached hydrogens (tertiary/aromatic N) is 2. The van der Waals surface area contributed by atoms with E-state index in [0.29, 0.717) is 24.4 Å². The first-order chi connectivity index (χ1) is 11.7. The molecule has 0 unspecified atom stereocenters. The van der Waals surface area contributed by atoms with Crippen LogP contribution in [-0.2, 0) is 24.1 Å². The number of aryl methyl sites for hydroxylation is 2. The van der Waals surface area contributed by atoms with Crippen LogP contribution >= 0.6 is 0 Å². The van der Waals surface area contributed by atoms with Gasteiger partial charge in [-0.1, -0.05) is 25.1 Å². The van der Waals surface area contributed by atoms with Gasteiger partial charge in [0.1, 0.15) is 0 Å². The number of hydrogen-bond donors (Lipinski definition) is 0. The van der Waals surface area contributed by atoms with Gasteiger partial charge in [0.05, 0.1) is 6.42 Å². The van der Waals surface area contributed by atoms with Gasteiger partial charge in [0, 0.05) is 25.2 Å². The number of benzene rings is 1. The van der Waals surface area contributed by atoms with Crippen molar-refractivity contribution in [2.24, 2.45) is 0 Å². The predicted molar refractivity (Wildman–Crippen MR) is 97.2 cm³/mol. The number of carbonyl (C=O) groups is 1. The third-order valence-corrected chi connectivity index (χ3v) is 6.14. The van der Waals surface area contributed by atoms with Crippen LogP contribution in [-0.4, -0.2) is 47.4 Å². The zero-order chi connectivity index (χ0) is 16.5. The summed E-state index contributed by atoms with van der Waals surface area (Å²) in [5, 5.41) is 0.